The summed E-state index contributed by atoms with van der Waals surface area (Å²) in [5.74, 6) is -0.462. The Labute approximate surface area is 112 Å². The normalized spacial score (nSPS) is 10.9. The second kappa shape index (κ2) is 7.44. The van der Waals surface area contributed by atoms with Crippen LogP contribution in [0.3, 0.4) is 0 Å². The topological polar surface area (TPSA) is 47.3 Å². The molecule has 5 heteroatoms. The highest BCUT2D eigenvalue weighted by Crippen LogP contribution is 2.25. The third-order valence-electron chi connectivity index (χ3n) is 2.43. The van der Waals surface area contributed by atoms with Gasteiger partial charge >= 0.3 is 0 Å². The van der Waals surface area contributed by atoms with Gasteiger partial charge in [-0.2, -0.15) is 0 Å². The van der Waals surface area contributed by atoms with Crippen LogP contribution >= 0.6 is 11.6 Å². The lowest BCUT2D eigenvalue weighted by atomic mass is 10.2. The molecule has 0 saturated heterocycles. The molecule has 0 bridgehead atoms. The number of anilines is 2. The zero-order valence-electron chi connectivity index (χ0n) is 10.8. The van der Waals surface area contributed by atoms with Gasteiger partial charge in [0.05, 0.1) is 22.5 Å². The van der Waals surface area contributed by atoms with Crippen molar-refractivity contribution in [1.82, 2.24) is 0 Å². The van der Waals surface area contributed by atoms with Crippen molar-refractivity contribution < 1.29 is 9.13 Å². The lowest BCUT2D eigenvalue weighted by Gasteiger charge is -2.11. The highest BCUT2D eigenvalue weighted by Gasteiger charge is 2.05. The van der Waals surface area contributed by atoms with Crippen LogP contribution in [0.1, 0.15) is 26.7 Å². The summed E-state index contributed by atoms with van der Waals surface area (Å²) in [6.45, 7) is 5.49. The van der Waals surface area contributed by atoms with Crippen LogP contribution in [-0.2, 0) is 4.74 Å². The van der Waals surface area contributed by atoms with Crippen molar-refractivity contribution in [3.8, 4) is 0 Å². The minimum atomic E-state index is -0.462. The van der Waals surface area contributed by atoms with E-state index < -0.39 is 5.82 Å². The van der Waals surface area contributed by atoms with Crippen LogP contribution in [0.15, 0.2) is 12.1 Å². The van der Waals surface area contributed by atoms with Gasteiger partial charge in [0.15, 0.2) is 0 Å². The Morgan fingerprint density at radius 2 is 2.11 bits per heavy atom. The number of hydrogen-bond acceptors (Lipinski definition) is 3. The number of halogens is 2. The number of ether oxygens (including phenoxy) is 1. The van der Waals surface area contributed by atoms with Gasteiger partial charge < -0.3 is 15.8 Å². The van der Waals surface area contributed by atoms with Crippen molar-refractivity contribution in [2.45, 2.75) is 32.8 Å². The maximum atomic E-state index is 13.2. The minimum Gasteiger partial charge on any atom is -0.397 e. The number of nitrogens with one attached hydrogen (secondary N) is 1. The van der Waals surface area contributed by atoms with Crippen molar-refractivity contribution in [3.05, 3.63) is 23.0 Å². The first-order valence-corrected chi connectivity index (χ1v) is 6.48. The lowest BCUT2D eigenvalue weighted by Crippen LogP contribution is -2.08. The summed E-state index contributed by atoms with van der Waals surface area (Å²) in [6.07, 6.45) is 2.16. The second-order valence-corrected chi connectivity index (χ2v) is 4.81. The molecule has 0 radical (unpaired) electrons. The first-order valence-electron chi connectivity index (χ1n) is 6.10. The number of nitrogen functional groups attached to an aromatic ring is 1. The molecule has 0 unspecified atom stereocenters. The summed E-state index contributed by atoms with van der Waals surface area (Å²) in [4.78, 5) is 0. The highest BCUT2D eigenvalue weighted by atomic mass is 35.5. The Kier molecular flexibility index (Phi) is 6.22. The Hall–Kier alpha value is -1.00. The van der Waals surface area contributed by atoms with Gasteiger partial charge in [-0.3, -0.25) is 0 Å². The zero-order valence-corrected chi connectivity index (χ0v) is 11.6. The summed E-state index contributed by atoms with van der Waals surface area (Å²) >= 11 is 5.62. The van der Waals surface area contributed by atoms with Crippen LogP contribution in [0.5, 0.6) is 0 Å². The van der Waals surface area contributed by atoms with Gasteiger partial charge in [0.25, 0.3) is 0 Å². The Bertz CT molecular complexity index is 385. The Balaban J connectivity index is 2.29. The smallest absolute Gasteiger partial charge is 0.143 e. The SMILES string of the molecule is CC(C)OCCCCNc1cc(F)c(Cl)cc1N. The van der Waals surface area contributed by atoms with Gasteiger partial charge in [-0.25, -0.2) is 4.39 Å². The maximum absolute atomic E-state index is 13.2. The van der Waals surface area contributed by atoms with Crippen LogP contribution < -0.4 is 11.1 Å². The summed E-state index contributed by atoms with van der Waals surface area (Å²) in [5, 5.41) is 3.13. The van der Waals surface area contributed by atoms with Gasteiger partial charge in [0.2, 0.25) is 0 Å². The molecule has 0 saturated carbocycles. The van der Waals surface area contributed by atoms with E-state index in [1.165, 1.54) is 12.1 Å². The van der Waals surface area contributed by atoms with E-state index >= 15 is 0 Å². The summed E-state index contributed by atoms with van der Waals surface area (Å²) < 4.78 is 18.7. The molecule has 0 aliphatic carbocycles. The van der Waals surface area contributed by atoms with Crippen LogP contribution in [0.4, 0.5) is 15.8 Å². The summed E-state index contributed by atoms with van der Waals surface area (Å²) in [6, 6.07) is 2.74. The summed E-state index contributed by atoms with van der Waals surface area (Å²) in [7, 11) is 0. The van der Waals surface area contributed by atoms with Gasteiger partial charge in [0.1, 0.15) is 5.82 Å². The third kappa shape index (κ3) is 5.10. The summed E-state index contributed by atoms with van der Waals surface area (Å²) in [5.41, 5.74) is 6.78. The van der Waals surface area contributed by atoms with E-state index in [4.69, 9.17) is 22.1 Å². The number of hydrogen-bond donors (Lipinski definition) is 2. The number of unbranched alkanes of at least 4 members (excludes halogenated alkanes) is 1. The van der Waals surface area contributed by atoms with E-state index in [-0.39, 0.29) is 11.1 Å². The average molecular weight is 275 g/mol. The Morgan fingerprint density at radius 1 is 1.39 bits per heavy atom. The predicted octanol–water partition coefficient (Wildman–Crippen LogP) is 3.68. The molecule has 1 aromatic carbocycles. The van der Waals surface area contributed by atoms with E-state index in [9.17, 15) is 4.39 Å². The van der Waals surface area contributed by atoms with E-state index in [1.54, 1.807) is 0 Å². The van der Waals surface area contributed by atoms with Crippen LogP contribution in [0.25, 0.3) is 0 Å². The first-order chi connectivity index (χ1) is 8.50. The molecule has 0 fully saturated rings. The molecule has 0 amide bonds. The fourth-order valence-corrected chi connectivity index (χ4v) is 1.66. The van der Waals surface area contributed by atoms with Gasteiger partial charge in [-0.1, -0.05) is 11.6 Å². The van der Waals surface area contributed by atoms with Crippen molar-refractivity contribution in [3.63, 3.8) is 0 Å². The molecule has 0 heterocycles. The number of rotatable bonds is 7. The van der Waals surface area contributed by atoms with E-state index in [0.29, 0.717) is 11.4 Å². The Morgan fingerprint density at radius 3 is 2.78 bits per heavy atom. The maximum Gasteiger partial charge on any atom is 0.143 e. The van der Waals surface area contributed by atoms with E-state index in [1.807, 2.05) is 13.8 Å². The third-order valence-corrected chi connectivity index (χ3v) is 2.72. The molecule has 0 aliphatic rings. The fraction of sp³-hybridized carbons (Fsp3) is 0.538. The van der Waals surface area contributed by atoms with Gasteiger partial charge in [-0.05, 0) is 32.8 Å². The van der Waals surface area contributed by atoms with Crippen molar-refractivity contribution in [2.75, 3.05) is 24.2 Å². The van der Waals surface area contributed by atoms with E-state index in [0.717, 1.165) is 26.0 Å². The molecule has 102 valence electrons. The van der Waals surface area contributed by atoms with Crippen LogP contribution in [-0.4, -0.2) is 19.3 Å². The zero-order chi connectivity index (χ0) is 13.5. The standard InChI is InChI=1S/C13H20ClFN2O/c1-9(2)18-6-4-3-5-17-13-8-11(15)10(14)7-12(13)16/h7-9,17H,3-6,16H2,1-2H3. The molecule has 1 aromatic rings. The molecule has 3 N–H and O–H groups in total. The van der Waals surface area contributed by atoms with Gasteiger partial charge in [-0.15, -0.1) is 0 Å². The van der Waals surface area contributed by atoms with Crippen LogP contribution in [0, 0.1) is 5.82 Å². The molecular formula is C13H20ClFN2O. The minimum absolute atomic E-state index is 0.0448. The predicted molar refractivity (Wildman–Crippen MR) is 74.6 cm³/mol. The monoisotopic (exact) mass is 274 g/mol. The highest BCUT2D eigenvalue weighted by molar-refractivity contribution is 6.31. The quantitative estimate of drug-likeness (QED) is 0.589. The van der Waals surface area contributed by atoms with Crippen molar-refractivity contribution in [2.24, 2.45) is 0 Å². The molecule has 1 rings (SSSR count). The molecule has 0 atom stereocenters. The molecule has 0 aliphatic heterocycles. The average Bonchev–Trinajstić information content (AvgIpc) is 2.29. The molecule has 3 nitrogen and oxygen atoms in total. The molecular weight excluding hydrogens is 255 g/mol. The second-order valence-electron chi connectivity index (χ2n) is 4.41. The van der Waals surface area contributed by atoms with E-state index in [2.05, 4.69) is 5.32 Å². The van der Waals surface area contributed by atoms with Crippen molar-refractivity contribution in [1.29, 1.82) is 0 Å². The lowest BCUT2D eigenvalue weighted by molar-refractivity contribution is 0.0765. The molecule has 0 spiro atoms. The van der Waals surface area contributed by atoms with Crippen LogP contribution in [0.2, 0.25) is 5.02 Å². The number of benzene rings is 1. The molecule has 18 heavy (non-hydrogen) atoms. The number of nitrogens with two attached hydrogens (primary N) is 1. The molecule has 0 aromatic heterocycles. The first kappa shape index (κ1) is 15.1. The largest absolute Gasteiger partial charge is 0.397 e. The van der Waals surface area contributed by atoms with Crippen molar-refractivity contribution >= 4 is 23.0 Å². The fourth-order valence-electron chi connectivity index (χ4n) is 1.48. The van der Waals surface area contributed by atoms with Gasteiger partial charge in [0, 0.05) is 19.2 Å².